The first-order valence-corrected chi connectivity index (χ1v) is 23.0. The fourth-order valence-electron chi connectivity index (χ4n) is 13.2. The first-order chi connectivity index (χ1) is 31.0. The van der Waals surface area contributed by atoms with Crippen LogP contribution in [0.1, 0.15) is 92.7 Å². The standard InChI is InChI=1S/C58H52N6/c1-34-44-22-19-41-13-7-10-16-47(41)53(44)59-28-50(34)37(4)62-56-25-40-26-57(31-56,63-38(5)51-29-60-54-45(35(51)2)23-20-42-14-8-11-17-48(42)54)33-58(27-40,32-56)64-39(6)52-30-61-55-46(36(52)3)24-21-43-15-9-12-18-49(43)55/h7-24,28-30,40H,25-27,31-33H2,1-6H3/b62-37-,63-38-,64-39-. The van der Waals surface area contributed by atoms with Gasteiger partial charge in [0.2, 0.25) is 0 Å². The van der Waals surface area contributed by atoms with Crippen molar-refractivity contribution in [2.24, 2.45) is 20.9 Å². The van der Waals surface area contributed by atoms with Gasteiger partial charge in [0.25, 0.3) is 0 Å². The zero-order chi connectivity index (χ0) is 43.5. The Kier molecular flexibility index (Phi) is 8.63. The zero-order valence-electron chi connectivity index (χ0n) is 37.6. The van der Waals surface area contributed by atoms with Crippen molar-refractivity contribution < 1.29 is 0 Å². The SMILES string of the molecule is C/C(=N/C12CC3CC(/N=C(/C)c4cnc5c(ccc6ccccc65)c4C)(C1)CC(/N=C(/C)c1cnc4c(ccc5ccccc54)c1C)(C3)C2)c1cnc2c(ccc3ccccc32)c1C. The average Bonchev–Trinajstić information content (AvgIpc) is 3.28. The number of aryl methyl sites for hydroxylation is 3. The van der Waals surface area contributed by atoms with Crippen LogP contribution < -0.4 is 0 Å². The lowest BCUT2D eigenvalue weighted by Gasteiger charge is -2.63. The van der Waals surface area contributed by atoms with E-state index in [1.54, 1.807) is 0 Å². The third-order valence-corrected chi connectivity index (χ3v) is 15.5. The third kappa shape index (κ3) is 6.05. The minimum atomic E-state index is -0.312. The molecule has 6 heteroatoms. The van der Waals surface area contributed by atoms with E-state index in [4.69, 9.17) is 29.9 Å². The van der Waals surface area contributed by atoms with Gasteiger partial charge >= 0.3 is 0 Å². The lowest BCUT2D eigenvalue weighted by molar-refractivity contribution is -0.0300. The lowest BCUT2D eigenvalue weighted by Crippen LogP contribution is -2.64. The molecular formula is C58H52N6. The second-order valence-corrected chi connectivity index (χ2v) is 19.7. The van der Waals surface area contributed by atoms with Crippen molar-refractivity contribution in [2.75, 3.05) is 0 Å². The van der Waals surface area contributed by atoms with Crippen molar-refractivity contribution in [3.05, 3.63) is 161 Å². The number of hydrogen-bond donors (Lipinski definition) is 0. The van der Waals surface area contributed by atoms with Crippen LogP contribution in [-0.2, 0) is 0 Å². The van der Waals surface area contributed by atoms with Gasteiger partial charge in [-0.25, -0.2) is 0 Å². The summed E-state index contributed by atoms with van der Waals surface area (Å²) in [4.78, 5) is 33.1. The third-order valence-electron chi connectivity index (χ3n) is 15.5. The van der Waals surface area contributed by atoms with Crippen molar-refractivity contribution in [3.63, 3.8) is 0 Å². The summed E-state index contributed by atoms with van der Waals surface area (Å²) in [7, 11) is 0. The summed E-state index contributed by atoms with van der Waals surface area (Å²) in [5.74, 6) is 0.451. The van der Waals surface area contributed by atoms with Crippen LogP contribution in [0.15, 0.2) is 143 Å². The van der Waals surface area contributed by atoms with Gasteiger partial charge in [0.1, 0.15) is 0 Å². The van der Waals surface area contributed by atoms with Crippen LogP contribution in [0.4, 0.5) is 0 Å². The van der Waals surface area contributed by atoms with Gasteiger partial charge in [-0.1, -0.05) is 109 Å². The summed E-state index contributed by atoms with van der Waals surface area (Å²) < 4.78 is 0. The molecular weight excluding hydrogens is 781 g/mol. The molecule has 0 radical (unpaired) electrons. The minimum Gasteiger partial charge on any atom is -0.283 e. The summed E-state index contributed by atoms with van der Waals surface area (Å²) in [5, 5.41) is 10.7. The highest BCUT2D eigenvalue weighted by Gasteiger charge is 2.64. The molecule has 0 unspecified atom stereocenters. The summed E-state index contributed by atoms with van der Waals surface area (Å²) in [6, 6.07) is 39.0. The molecule has 6 nitrogen and oxygen atoms in total. The summed E-state index contributed by atoms with van der Waals surface area (Å²) >= 11 is 0. The van der Waals surface area contributed by atoms with E-state index in [1.807, 2.05) is 0 Å². The molecule has 4 saturated carbocycles. The number of rotatable bonds is 6. The Bertz CT molecular complexity index is 3180. The van der Waals surface area contributed by atoms with E-state index in [1.165, 1.54) is 65.2 Å². The van der Waals surface area contributed by atoms with Gasteiger partial charge in [0, 0.05) is 84.7 Å². The molecule has 0 atom stereocenters. The second kappa shape index (κ2) is 14.2. The Hall–Kier alpha value is -6.66. The Morgan fingerprint density at radius 1 is 0.406 bits per heavy atom. The predicted molar refractivity (Wildman–Crippen MR) is 268 cm³/mol. The van der Waals surface area contributed by atoms with E-state index >= 15 is 0 Å². The van der Waals surface area contributed by atoms with E-state index < -0.39 is 0 Å². The smallest absolute Gasteiger partial charge is 0.0783 e. The molecule has 0 spiro atoms. The fourth-order valence-corrected chi connectivity index (χ4v) is 13.2. The van der Waals surface area contributed by atoms with Crippen LogP contribution in [0.5, 0.6) is 0 Å². The van der Waals surface area contributed by atoms with E-state index in [9.17, 15) is 0 Å². The zero-order valence-corrected chi connectivity index (χ0v) is 37.6. The van der Waals surface area contributed by atoms with E-state index in [-0.39, 0.29) is 16.6 Å². The maximum Gasteiger partial charge on any atom is 0.0783 e. The molecule has 3 aromatic heterocycles. The molecule has 314 valence electrons. The normalized spacial score (nSPS) is 23.7. The fraction of sp³-hybridized carbons (Fsp3) is 0.276. The largest absolute Gasteiger partial charge is 0.283 e. The highest BCUT2D eigenvalue weighted by Crippen LogP contribution is 2.64. The van der Waals surface area contributed by atoms with Gasteiger partial charge in [-0.2, -0.15) is 0 Å². The molecule has 4 aliphatic carbocycles. The summed E-state index contributed by atoms with van der Waals surface area (Å²) in [6.07, 6.45) is 12.1. The molecule has 0 saturated heterocycles. The first-order valence-electron chi connectivity index (χ1n) is 23.0. The molecule has 13 rings (SSSR count). The molecule has 64 heavy (non-hydrogen) atoms. The number of hydrogen-bond acceptors (Lipinski definition) is 6. The van der Waals surface area contributed by atoms with Crippen LogP contribution in [0, 0.1) is 26.7 Å². The second-order valence-electron chi connectivity index (χ2n) is 19.7. The summed E-state index contributed by atoms with van der Waals surface area (Å²) in [5.41, 5.74) is 12.4. The Balaban J connectivity index is 0.987. The van der Waals surface area contributed by atoms with Crippen molar-refractivity contribution in [2.45, 2.75) is 96.7 Å². The number of fused-ring (bicyclic) bond motifs is 9. The van der Waals surface area contributed by atoms with Gasteiger partial charge in [-0.3, -0.25) is 29.9 Å². The Labute approximate surface area is 374 Å². The van der Waals surface area contributed by atoms with E-state index in [0.29, 0.717) is 5.92 Å². The van der Waals surface area contributed by atoms with Crippen LogP contribution >= 0.6 is 0 Å². The highest BCUT2D eigenvalue weighted by molar-refractivity contribution is 6.12. The van der Waals surface area contributed by atoms with Crippen LogP contribution in [0.3, 0.4) is 0 Å². The van der Waals surface area contributed by atoms with E-state index in [0.717, 1.165) is 88.9 Å². The predicted octanol–water partition coefficient (Wildman–Crippen LogP) is 13.8. The van der Waals surface area contributed by atoms with Gasteiger partial charge in [-0.15, -0.1) is 0 Å². The van der Waals surface area contributed by atoms with Crippen LogP contribution in [-0.4, -0.2) is 48.7 Å². The topological polar surface area (TPSA) is 75.8 Å². The maximum absolute atomic E-state index is 5.91. The molecule has 4 aliphatic rings. The summed E-state index contributed by atoms with van der Waals surface area (Å²) in [6.45, 7) is 13.3. The van der Waals surface area contributed by atoms with Gasteiger partial charge in [-0.05, 0) is 119 Å². The van der Waals surface area contributed by atoms with Gasteiger partial charge < -0.3 is 0 Å². The van der Waals surface area contributed by atoms with Crippen molar-refractivity contribution in [1.29, 1.82) is 0 Å². The monoisotopic (exact) mass is 832 g/mol. The first kappa shape index (κ1) is 39.0. The van der Waals surface area contributed by atoms with Gasteiger partial charge in [0.05, 0.1) is 33.2 Å². The molecule has 3 heterocycles. The number of pyridine rings is 3. The van der Waals surface area contributed by atoms with Crippen LogP contribution in [0.25, 0.3) is 65.0 Å². The van der Waals surface area contributed by atoms with E-state index in [2.05, 4.69) is 169 Å². The number of benzene rings is 6. The number of aliphatic imine (C=N–C) groups is 3. The van der Waals surface area contributed by atoms with Crippen LogP contribution in [0.2, 0.25) is 0 Å². The lowest BCUT2D eigenvalue weighted by atomic mass is 9.47. The molecule has 4 fully saturated rings. The number of aromatic nitrogens is 3. The molecule has 0 amide bonds. The van der Waals surface area contributed by atoms with Crippen molar-refractivity contribution in [3.8, 4) is 0 Å². The number of nitrogens with zero attached hydrogens (tertiary/aromatic N) is 6. The molecule has 0 N–H and O–H groups in total. The maximum atomic E-state index is 5.91. The molecule has 4 bridgehead atoms. The van der Waals surface area contributed by atoms with Gasteiger partial charge in [0.15, 0.2) is 0 Å². The quantitative estimate of drug-likeness (QED) is 0.124. The highest BCUT2D eigenvalue weighted by atomic mass is 15.1. The molecule has 6 aromatic carbocycles. The average molecular weight is 833 g/mol. The Morgan fingerprint density at radius 3 is 1.02 bits per heavy atom. The van der Waals surface area contributed by atoms with Crippen molar-refractivity contribution in [1.82, 2.24) is 15.0 Å². The Morgan fingerprint density at radius 2 is 0.703 bits per heavy atom. The minimum absolute atomic E-state index is 0.312. The van der Waals surface area contributed by atoms with Crippen molar-refractivity contribution >= 4 is 82.2 Å². The molecule has 0 aliphatic heterocycles. The molecule has 9 aromatic rings.